The van der Waals surface area contributed by atoms with Crippen LogP contribution < -0.4 is 9.47 Å². The first-order valence-corrected chi connectivity index (χ1v) is 10.9. The van der Waals surface area contributed by atoms with Crippen molar-refractivity contribution in [3.05, 3.63) is 53.1 Å². The standard InChI is InChI=1S/C22H25ClN2O3S/c1-4-12-25-21(26)20(14-15-6-11-19(27-3)18(23)13-15)29-22(25)24-16-7-9-17(10-8-16)28-5-2/h6-11,13,20H,4-5,12,14H2,1-3H3/t20-/m0/s1. The average molecular weight is 433 g/mol. The van der Waals surface area contributed by atoms with Crippen molar-refractivity contribution < 1.29 is 14.3 Å². The summed E-state index contributed by atoms with van der Waals surface area (Å²) in [6.45, 7) is 5.29. The highest BCUT2D eigenvalue weighted by atomic mass is 35.5. The fourth-order valence-electron chi connectivity index (χ4n) is 3.10. The van der Waals surface area contributed by atoms with Crippen LogP contribution in [0.3, 0.4) is 0 Å². The predicted molar refractivity (Wildman–Crippen MR) is 120 cm³/mol. The van der Waals surface area contributed by atoms with Crippen molar-refractivity contribution in [2.75, 3.05) is 20.3 Å². The van der Waals surface area contributed by atoms with Gasteiger partial charge in [-0.2, -0.15) is 0 Å². The summed E-state index contributed by atoms with van der Waals surface area (Å²) in [5.74, 6) is 1.53. The first kappa shape index (κ1) is 21.5. The summed E-state index contributed by atoms with van der Waals surface area (Å²) in [5.41, 5.74) is 1.80. The van der Waals surface area contributed by atoms with Crippen molar-refractivity contribution in [1.29, 1.82) is 0 Å². The molecule has 5 nitrogen and oxygen atoms in total. The number of thioether (sulfide) groups is 1. The third-order valence-corrected chi connectivity index (χ3v) is 5.95. The minimum absolute atomic E-state index is 0.0912. The van der Waals surface area contributed by atoms with E-state index in [9.17, 15) is 4.79 Å². The molecule has 2 aromatic carbocycles. The Hall–Kier alpha value is -2.18. The van der Waals surface area contributed by atoms with Gasteiger partial charge >= 0.3 is 0 Å². The van der Waals surface area contributed by atoms with E-state index < -0.39 is 0 Å². The molecule has 0 unspecified atom stereocenters. The lowest BCUT2D eigenvalue weighted by molar-refractivity contribution is -0.126. The topological polar surface area (TPSA) is 51.1 Å². The van der Waals surface area contributed by atoms with Crippen molar-refractivity contribution >= 4 is 40.1 Å². The molecule has 1 atom stereocenters. The first-order valence-electron chi connectivity index (χ1n) is 9.67. The van der Waals surface area contributed by atoms with Crippen LogP contribution in [0.2, 0.25) is 5.02 Å². The molecule has 2 aromatic rings. The van der Waals surface area contributed by atoms with E-state index in [4.69, 9.17) is 26.1 Å². The molecule has 0 bridgehead atoms. The zero-order valence-corrected chi connectivity index (χ0v) is 18.4. The minimum atomic E-state index is -0.215. The van der Waals surface area contributed by atoms with Crippen LogP contribution in [-0.4, -0.2) is 41.5 Å². The zero-order chi connectivity index (χ0) is 20.8. The quantitative estimate of drug-likeness (QED) is 0.565. The van der Waals surface area contributed by atoms with Crippen LogP contribution in [0, 0.1) is 0 Å². The number of hydrogen-bond acceptors (Lipinski definition) is 5. The summed E-state index contributed by atoms with van der Waals surface area (Å²) in [5, 5.41) is 1.08. The molecule has 1 saturated heterocycles. The number of benzene rings is 2. The van der Waals surface area contributed by atoms with Gasteiger partial charge in [-0.1, -0.05) is 36.4 Å². The number of hydrogen-bond donors (Lipinski definition) is 0. The van der Waals surface area contributed by atoms with Crippen LogP contribution >= 0.6 is 23.4 Å². The fourth-order valence-corrected chi connectivity index (χ4v) is 4.60. The molecule has 0 aromatic heterocycles. The number of halogens is 1. The molecule has 1 aliphatic rings. The first-order chi connectivity index (χ1) is 14.0. The van der Waals surface area contributed by atoms with Crippen molar-refractivity contribution in [3.8, 4) is 11.5 Å². The maximum Gasteiger partial charge on any atom is 0.242 e. The lowest BCUT2D eigenvalue weighted by atomic mass is 10.1. The van der Waals surface area contributed by atoms with Gasteiger partial charge < -0.3 is 9.47 Å². The van der Waals surface area contributed by atoms with E-state index in [1.807, 2.05) is 49.4 Å². The second kappa shape index (κ2) is 10.0. The number of rotatable bonds is 8. The minimum Gasteiger partial charge on any atom is -0.495 e. The Morgan fingerprint density at radius 2 is 1.93 bits per heavy atom. The van der Waals surface area contributed by atoms with E-state index in [1.165, 1.54) is 11.8 Å². The summed E-state index contributed by atoms with van der Waals surface area (Å²) in [4.78, 5) is 19.5. The van der Waals surface area contributed by atoms with Gasteiger partial charge in [-0.25, -0.2) is 4.99 Å². The molecule has 1 fully saturated rings. The fraction of sp³-hybridized carbons (Fsp3) is 0.364. The van der Waals surface area contributed by atoms with Gasteiger partial charge in [0.15, 0.2) is 5.17 Å². The average Bonchev–Trinajstić information content (AvgIpc) is 2.99. The van der Waals surface area contributed by atoms with E-state index in [1.54, 1.807) is 12.0 Å². The molecule has 1 amide bonds. The largest absolute Gasteiger partial charge is 0.495 e. The molecule has 0 spiro atoms. The number of aliphatic imine (C=N–C) groups is 1. The van der Waals surface area contributed by atoms with Gasteiger partial charge in [-0.3, -0.25) is 9.69 Å². The van der Waals surface area contributed by atoms with E-state index in [0.29, 0.717) is 30.3 Å². The smallest absolute Gasteiger partial charge is 0.242 e. The van der Waals surface area contributed by atoms with Crippen LogP contribution in [0.1, 0.15) is 25.8 Å². The molecule has 1 heterocycles. The Bertz CT molecular complexity index is 886. The Morgan fingerprint density at radius 1 is 1.17 bits per heavy atom. The highest BCUT2D eigenvalue weighted by molar-refractivity contribution is 8.15. The molecule has 0 N–H and O–H groups in total. The highest BCUT2D eigenvalue weighted by Gasteiger charge is 2.37. The van der Waals surface area contributed by atoms with Gasteiger partial charge in [0, 0.05) is 6.54 Å². The van der Waals surface area contributed by atoms with Crippen LogP contribution in [-0.2, 0) is 11.2 Å². The Kier molecular flexibility index (Phi) is 7.45. The van der Waals surface area contributed by atoms with Crippen molar-refractivity contribution in [3.63, 3.8) is 0 Å². The van der Waals surface area contributed by atoms with Crippen molar-refractivity contribution in [2.24, 2.45) is 4.99 Å². The number of methoxy groups -OCH3 is 1. The van der Waals surface area contributed by atoms with Crippen molar-refractivity contribution in [1.82, 2.24) is 4.90 Å². The van der Waals surface area contributed by atoms with Gasteiger partial charge in [0.05, 0.1) is 29.7 Å². The number of amides is 1. The highest BCUT2D eigenvalue weighted by Crippen LogP contribution is 2.34. The molecule has 7 heteroatoms. The lowest BCUT2D eigenvalue weighted by Gasteiger charge is -2.15. The zero-order valence-electron chi connectivity index (χ0n) is 16.9. The van der Waals surface area contributed by atoms with Crippen LogP contribution in [0.25, 0.3) is 0 Å². The Balaban J connectivity index is 1.79. The third kappa shape index (κ3) is 5.25. The second-order valence-corrected chi connectivity index (χ2v) is 8.17. The number of amidine groups is 1. The number of ether oxygens (including phenoxy) is 2. The van der Waals surface area contributed by atoms with Crippen molar-refractivity contribution in [2.45, 2.75) is 31.9 Å². The van der Waals surface area contributed by atoms with Gasteiger partial charge in [0.25, 0.3) is 0 Å². The number of nitrogens with zero attached hydrogens (tertiary/aromatic N) is 2. The molecule has 0 aliphatic carbocycles. The molecule has 29 heavy (non-hydrogen) atoms. The SMILES string of the molecule is CCCN1C(=O)[C@H](Cc2ccc(OC)c(Cl)c2)SC1=Nc1ccc(OCC)cc1. The molecule has 0 radical (unpaired) electrons. The summed E-state index contributed by atoms with van der Waals surface area (Å²) >= 11 is 7.75. The van der Waals surface area contributed by atoms with E-state index in [0.717, 1.165) is 28.6 Å². The summed E-state index contributed by atoms with van der Waals surface area (Å²) < 4.78 is 10.7. The van der Waals surface area contributed by atoms with Gasteiger partial charge in [0.1, 0.15) is 11.5 Å². The summed E-state index contributed by atoms with van der Waals surface area (Å²) in [7, 11) is 1.59. The molecule has 3 rings (SSSR count). The lowest BCUT2D eigenvalue weighted by Crippen LogP contribution is -2.33. The normalized spacial score (nSPS) is 17.8. The van der Waals surface area contributed by atoms with Gasteiger partial charge in [0.2, 0.25) is 5.91 Å². The van der Waals surface area contributed by atoms with E-state index >= 15 is 0 Å². The van der Waals surface area contributed by atoms with E-state index in [2.05, 4.69) is 6.92 Å². The monoisotopic (exact) mass is 432 g/mol. The number of carbonyl (C=O) groups excluding carboxylic acids is 1. The van der Waals surface area contributed by atoms with Gasteiger partial charge in [-0.15, -0.1) is 0 Å². The van der Waals surface area contributed by atoms with Crippen LogP contribution in [0.4, 0.5) is 5.69 Å². The molecular formula is C22H25ClN2O3S. The molecule has 154 valence electrons. The van der Waals surface area contributed by atoms with Crippen LogP contribution in [0.15, 0.2) is 47.5 Å². The van der Waals surface area contributed by atoms with Crippen LogP contribution in [0.5, 0.6) is 11.5 Å². The predicted octanol–water partition coefficient (Wildman–Crippen LogP) is 5.33. The Morgan fingerprint density at radius 3 is 2.55 bits per heavy atom. The van der Waals surface area contributed by atoms with E-state index in [-0.39, 0.29) is 11.2 Å². The molecule has 0 saturated carbocycles. The Labute approximate surface area is 181 Å². The maximum atomic E-state index is 13.0. The molecule has 1 aliphatic heterocycles. The van der Waals surface area contributed by atoms with Gasteiger partial charge in [-0.05, 0) is 61.7 Å². The summed E-state index contributed by atoms with van der Waals surface area (Å²) in [6.07, 6.45) is 1.46. The second-order valence-electron chi connectivity index (χ2n) is 6.59. The maximum absolute atomic E-state index is 13.0. The molecular weight excluding hydrogens is 408 g/mol. The number of carbonyl (C=O) groups is 1. The third-order valence-electron chi connectivity index (χ3n) is 4.48. The summed E-state index contributed by atoms with van der Waals surface area (Å²) in [6, 6.07) is 13.2.